The Morgan fingerprint density at radius 2 is 1.73 bits per heavy atom. The van der Waals surface area contributed by atoms with Crippen LogP contribution in [0.4, 0.5) is 0 Å². The van der Waals surface area contributed by atoms with E-state index in [0.717, 1.165) is 28.7 Å². The minimum Gasteiger partial charge on any atom is -0.508 e. The number of Topliss-reactive ketones (excluding diaryl/α,β-unsaturated/α-hetero) is 1. The Bertz CT molecular complexity index is 1770. The molecule has 7 aliphatic rings. The van der Waals surface area contributed by atoms with Crippen molar-refractivity contribution < 1.29 is 43.2 Å². The number of carbonyl (C=O) groups excluding carboxylic acids is 3. The fourth-order valence-corrected chi connectivity index (χ4v) is 10.6. The maximum atomic E-state index is 14.6. The van der Waals surface area contributed by atoms with Crippen molar-refractivity contribution in [3.8, 4) is 5.75 Å². The molecule has 4 heterocycles. The Morgan fingerprint density at radius 1 is 1.00 bits per heavy atom. The standard InChI is InChI=1S/C39H43NO9/c1-20(2)37-31(48-37)32-39(49-32)36(3)14-13-25-26(19-45-34(25)44)27(36)18-30-38(39,47-30)35(37)46-33(43)23(15-22-9-11-24(41)12-10-22)17-29(42)28(40)16-21-7-5-4-6-8-21/h4-12,20,23,27-28,30-32,35,41H,13-19,40H2,1-3H3/t23-,27+,28+,30+,31+,32+,35-,36+,37+,38-,39-/m1/s1. The molecule has 3 N–H and O–H groups in total. The Morgan fingerprint density at radius 3 is 2.47 bits per heavy atom. The van der Waals surface area contributed by atoms with Crippen LogP contribution in [0.25, 0.3) is 0 Å². The zero-order chi connectivity index (χ0) is 34.1. The summed E-state index contributed by atoms with van der Waals surface area (Å²) in [6.07, 6.45) is 1.10. The van der Waals surface area contributed by atoms with Crippen LogP contribution >= 0.6 is 0 Å². The zero-order valence-electron chi connectivity index (χ0n) is 28.1. The summed E-state index contributed by atoms with van der Waals surface area (Å²) in [7, 11) is 0. The molecular formula is C39H43NO9. The summed E-state index contributed by atoms with van der Waals surface area (Å²) in [6, 6.07) is 15.5. The predicted octanol–water partition coefficient (Wildman–Crippen LogP) is 3.75. The number of nitrogens with two attached hydrogens (primary N) is 1. The van der Waals surface area contributed by atoms with E-state index in [-0.39, 0.29) is 65.9 Å². The van der Waals surface area contributed by atoms with Crippen LogP contribution < -0.4 is 5.73 Å². The molecule has 0 radical (unpaired) electrons. The van der Waals surface area contributed by atoms with Crippen molar-refractivity contribution in [2.45, 2.75) is 107 Å². The van der Waals surface area contributed by atoms with E-state index in [0.29, 0.717) is 25.9 Å². The van der Waals surface area contributed by atoms with Gasteiger partial charge in [-0.15, -0.1) is 0 Å². The van der Waals surface area contributed by atoms with Gasteiger partial charge in [0.2, 0.25) is 0 Å². The molecule has 0 unspecified atom stereocenters. The summed E-state index contributed by atoms with van der Waals surface area (Å²) in [6.45, 7) is 6.71. The first-order valence-corrected chi connectivity index (χ1v) is 17.7. The Hall–Kier alpha value is -3.57. The highest BCUT2D eigenvalue weighted by Crippen LogP contribution is 2.83. The van der Waals surface area contributed by atoms with E-state index >= 15 is 0 Å². The van der Waals surface area contributed by atoms with Crippen molar-refractivity contribution in [1.82, 2.24) is 0 Å². The molecule has 2 saturated carbocycles. The lowest BCUT2D eigenvalue weighted by atomic mass is 9.46. The number of esters is 2. The summed E-state index contributed by atoms with van der Waals surface area (Å²) in [4.78, 5) is 40.7. The average molecular weight is 670 g/mol. The van der Waals surface area contributed by atoms with Gasteiger partial charge in [0.1, 0.15) is 35.8 Å². The van der Waals surface area contributed by atoms with Crippen LogP contribution in [0.5, 0.6) is 5.75 Å². The lowest BCUT2D eigenvalue weighted by molar-refractivity contribution is -0.174. The minimum atomic E-state index is -0.895. The third-order valence-electron chi connectivity index (χ3n) is 13.2. The number of fused-ring (bicyclic) bond motifs is 4. The number of hydrogen-bond acceptors (Lipinski definition) is 10. The number of hydrogen-bond donors (Lipinski definition) is 2. The molecule has 0 aromatic heterocycles. The second-order valence-corrected chi connectivity index (χ2v) is 15.9. The molecule has 0 bridgehead atoms. The lowest BCUT2D eigenvalue weighted by Gasteiger charge is -2.53. The highest BCUT2D eigenvalue weighted by atomic mass is 16.8. The van der Waals surface area contributed by atoms with E-state index in [9.17, 15) is 19.5 Å². The van der Waals surface area contributed by atoms with Crippen molar-refractivity contribution in [2.24, 2.45) is 28.9 Å². The largest absolute Gasteiger partial charge is 0.508 e. The van der Waals surface area contributed by atoms with Crippen LogP contribution in [0, 0.1) is 23.2 Å². The van der Waals surface area contributed by atoms with Crippen molar-refractivity contribution >= 4 is 17.7 Å². The maximum absolute atomic E-state index is 14.6. The van der Waals surface area contributed by atoms with E-state index in [2.05, 4.69) is 20.8 Å². The lowest BCUT2D eigenvalue weighted by Crippen LogP contribution is -2.70. The number of epoxide rings is 3. The number of carbonyl (C=O) groups is 3. The molecule has 3 saturated heterocycles. The molecule has 10 heteroatoms. The summed E-state index contributed by atoms with van der Waals surface area (Å²) >= 11 is 0. The van der Waals surface area contributed by atoms with Gasteiger partial charge in [0, 0.05) is 17.4 Å². The summed E-state index contributed by atoms with van der Waals surface area (Å²) < 4.78 is 32.4. The molecule has 4 aliphatic heterocycles. The Kier molecular flexibility index (Phi) is 6.72. The molecule has 10 nitrogen and oxygen atoms in total. The smallest absolute Gasteiger partial charge is 0.334 e. The van der Waals surface area contributed by atoms with Gasteiger partial charge in [0.15, 0.2) is 17.5 Å². The molecule has 2 spiro atoms. The van der Waals surface area contributed by atoms with Crippen LogP contribution in [0.2, 0.25) is 0 Å². The molecule has 2 aromatic carbocycles. The number of ketones is 1. The monoisotopic (exact) mass is 669 g/mol. The van der Waals surface area contributed by atoms with Gasteiger partial charge < -0.3 is 34.5 Å². The Labute approximate surface area is 285 Å². The molecule has 11 atom stereocenters. The number of benzene rings is 2. The first-order valence-electron chi connectivity index (χ1n) is 17.7. The van der Waals surface area contributed by atoms with E-state index in [4.69, 9.17) is 29.4 Å². The SMILES string of the molecule is CC(C)[C@]12O[C@H]1[C@@H]1O[C@]13[C@]1(O[C@H]1C[C@H]1C4=C(CC[C@@]13C)C(=O)OC4)[C@@H]2OC(=O)[C@@H](CC(=O)[C@@H](N)Cc1ccccc1)Cc1ccc(O)cc1. The van der Waals surface area contributed by atoms with Crippen molar-refractivity contribution in [1.29, 1.82) is 0 Å². The number of phenolic OH excluding ortho intramolecular Hbond substituents is 1. The van der Waals surface area contributed by atoms with Crippen LogP contribution in [0.3, 0.4) is 0 Å². The molecule has 9 rings (SSSR count). The quantitative estimate of drug-likeness (QED) is 0.283. The molecule has 49 heavy (non-hydrogen) atoms. The Balaban J connectivity index is 1.03. The van der Waals surface area contributed by atoms with E-state index in [1.807, 2.05) is 30.3 Å². The van der Waals surface area contributed by atoms with Crippen LogP contribution in [-0.4, -0.2) is 76.7 Å². The van der Waals surface area contributed by atoms with E-state index in [1.165, 1.54) is 0 Å². The van der Waals surface area contributed by atoms with Gasteiger partial charge in [-0.1, -0.05) is 63.2 Å². The normalized spacial score (nSPS) is 40.0. The van der Waals surface area contributed by atoms with E-state index in [1.54, 1.807) is 24.3 Å². The fourth-order valence-electron chi connectivity index (χ4n) is 10.6. The molecule has 258 valence electrons. The summed E-state index contributed by atoms with van der Waals surface area (Å²) in [5, 5.41) is 9.90. The van der Waals surface area contributed by atoms with Crippen molar-refractivity contribution in [2.75, 3.05) is 6.61 Å². The van der Waals surface area contributed by atoms with Gasteiger partial charge in [0.05, 0.1) is 18.1 Å². The van der Waals surface area contributed by atoms with Gasteiger partial charge in [-0.2, -0.15) is 0 Å². The second kappa shape index (κ2) is 10.5. The first kappa shape index (κ1) is 31.4. The van der Waals surface area contributed by atoms with Gasteiger partial charge in [0.25, 0.3) is 0 Å². The third kappa shape index (κ3) is 4.17. The molecule has 3 aliphatic carbocycles. The average Bonchev–Trinajstić information content (AvgIpc) is 4.00. The maximum Gasteiger partial charge on any atom is 0.334 e. The summed E-state index contributed by atoms with van der Waals surface area (Å²) in [5.41, 5.74) is 7.25. The molecule has 0 amide bonds. The topological polar surface area (TPSA) is 154 Å². The zero-order valence-corrected chi connectivity index (χ0v) is 28.1. The van der Waals surface area contributed by atoms with Crippen molar-refractivity contribution in [3.63, 3.8) is 0 Å². The fraction of sp³-hybridized carbons (Fsp3) is 0.564. The van der Waals surface area contributed by atoms with Crippen LogP contribution in [0.15, 0.2) is 65.7 Å². The molecule has 2 aromatic rings. The second-order valence-electron chi connectivity index (χ2n) is 15.9. The highest BCUT2D eigenvalue weighted by molar-refractivity contribution is 5.92. The number of ether oxygens (including phenoxy) is 5. The van der Waals surface area contributed by atoms with Crippen LogP contribution in [0.1, 0.15) is 57.6 Å². The first-order chi connectivity index (χ1) is 23.5. The highest BCUT2D eigenvalue weighted by Gasteiger charge is 3.01. The molecular weight excluding hydrogens is 626 g/mol. The number of phenols is 1. The van der Waals surface area contributed by atoms with E-state index < -0.39 is 40.8 Å². The minimum absolute atomic E-state index is 0.000232. The third-order valence-corrected chi connectivity index (χ3v) is 13.2. The number of cyclic esters (lactones) is 1. The van der Waals surface area contributed by atoms with Gasteiger partial charge in [-0.05, 0) is 72.8 Å². The number of rotatable bonds is 10. The van der Waals surface area contributed by atoms with Gasteiger partial charge >= 0.3 is 11.9 Å². The predicted molar refractivity (Wildman–Crippen MR) is 174 cm³/mol. The van der Waals surface area contributed by atoms with Gasteiger partial charge in [-0.3, -0.25) is 9.59 Å². The van der Waals surface area contributed by atoms with Crippen molar-refractivity contribution in [3.05, 3.63) is 76.9 Å². The summed E-state index contributed by atoms with van der Waals surface area (Å²) in [5.74, 6) is -1.58. The van der Waals surface area contributed by atoms with Gasteiger partial charge in [-0.25, -0.2) is 4.79 Å². The molecule has 5 fully saturated rings. The van der Waals surface area contributed by atoms with Crippen LogP contribution in [-0.2, 0) is 50.9 Å². The number of aromatic hydroxyl groups is 1.